The van der Waals surface area contributed by atoms with E-state index < -0.39 is 5.97 Å². The van der Waals surface area contributed by atoms with Gasteiger partial charge >= 0.3 is 5.97 Å². The van der Waals surface area contributed by atoms with Crippen LogP contribution in [0.4, 0.5) is 0 Å². The lowest BCUT2D eigenvalue weighted by Crippen LogP contribution is -2.20. The summed E-state index contributed by atoms with van der Waals surface area (Å²) in [5.74, 6) is -1.01. The van der Waals surface area contributed by atoms with E-state index in [9.17, 15) is 4.79 Å². The van der Waals surface area contributed by atoms with Crippen LogP contribution in [0.25, 0.3) is 0 Å². The average Bonchev–Trinajstić information content (AvgIpc) is 2.67. The number of rotatable bonds is 2. The Kier molecular flexibility index (Phi) is 2.93. The fraction of sp³-hybridized carbons (Fsp3) is 0.364. The molecule has 0 bridgehead atoms. The lowest BCUT2D eigenvalue weighted by Gasteiger charge is -2.14. The standard InChI is InChI=1S/C11H12ClNO2/c12-8-3-1-7(2-4-8)9-5-13-6-10(9)11(14)15/h1-4,9-10,13H,5-6H2,(H,14,15). The summed E-state index contributed by atoms with van der Waals surface area (Å²) < 4.78 is 0. The van der Waals surface area contributed by atoms with Crippen molar-refractivity contribution in [3.8, 4) is 0 Å². The zero-order chi connectivity index (χ0) is 10.8. The topological polar surface area (TPSA) is 49.3 Å². The van der Waals surface area contributed by atoms with E-state index in [2.05, 4.69) is 5.32 Å². The molecule has 80 valence electrons. The second-order valence-corrected chi connectivity index (χ2v) is 4.20. The SMILES string of the molecule is O=C(O)C1CNCC1c1ccc(Cl)cc1. The quantitative estimate of drug-likeness (QED) is 0.806. The van der Waals surface area contributed by atoms with E-state index in [0.717, 1.165) is 12.1 Å². The van der Waals surface area contributed by atoms with Crippen LogP contribution >= 0.6 is 11.6 Å². The van der Waals surface area contributed by atoms with Gasteiger partial charge in [0, 0.05) is 24.0 Å². The van der Waals surface area contributed by atoms with Crippen molar-refractivity contribution in [3.05, 3.63) is 34.9 Å². The van der Waals surface area contributed by atoms with Crippen LogP contribution < -0.4 is 5.32 Å². The molecule has 1 heterocycles. The van der Waals surface area contributed by atoms with Crippen LogP contribution in [-0.2, 0) is 4.79 Å². The van der Waals surface area contributed by atoms with Crippen LogP contribution in [0.2, 0.25) is 5.02 Å². The van der Waals surface area contributed by atoms with E-state index >= 15 is 0 Å². The van der Waals surface area contributed by atoms with E-state index in [1.165, 1.54) is 0 Å². The highest BCUT2D eigenvalue weighted by molar-refractivity contribution is 6.30. The van der Waals surface area contributed by atoms with Crippen molar-refractivity contribution < 1.29 is 9.90 Å². The molecule has 3 nitrogen and oxygen atoms in total. The van der Waals surface area contributed by atoms with Crippen LogP contribution in [0.5, 0.6) is 0 Å². The first-order valence-electron chi connectivity index (χ1n) is 4.87. The fourth-order valence-corrected chi connectivity index (χ4v) is 2.12. The summed E-state index contributed by atoms with van der Waals surface area (Å²) in [6.07, 6.45) is 0. The Morgan fingerprint density at radius 3 is 2.60 bits per heavy atom. The molecule has 1 aromatic rings. The zero-order valence-electron chi connectivity index (χ0n) is 8.11. The summed E-state index contributed by atoms with van der Waals surface area (Å²) >= 11 is 5.79. The Morgan fingerprint density at radius 1 is 1.33 bits per heavy atom. The lowest BCUT2D eigenvalue weighted by molar-refractivity contribution is -0.141. The largest absolute Gasteiger partial charge is 0.481 e. The number of nitrogens with one attached hydrogen (secondary N) is 1. The molecule has 2 N–H and O–H groups in total. The van der Waals surface area contributed by atoms with Crippen LogP contribution in [-0.4, -0.2) is 24.2 Å². The number of benzene rings is 1. The number of halogens is 1. The van der Waals surface area contributed by atoms with Crippen molar-refractivity contribution in [2.75, 3.05) is 13.1 Å². The monoisotopic (exact) mass is 225 g/mol. The van der Waals surface area contributed by atoms with E-state index in [1.54, 1.807) is 12.1 Å². The summed E-state index contributed by atoms with van der Waals surface area (Å²) in [7, 11) is 0. The minimum Gasteiger partial charge on any atom is -0.481 e. The summed E-state index contributed by atoms with van der Waals surface area (Å²) in [5, 5.41) is 12.8. The van der Waals surface area contributed by atoms with Crippen molar-refractivity contribution in [1.82, 2.24) is 5.32 Å². The van der Waals surface area contributed by atoms with Crippen molar-refractivity contribution in [2.24, 2.45) is 5.92 Å². The maximum Gasteiger partial charge on any atom is 0.308 e. The first-order chi connectivity index (χ1) is 7.18. The van der Waals surface area contributed by atoms with Gasteiger partial charge in [0.2, 0.25) is 0 Å². The van der Waals surface area contributed by atoms with Gasteiger partial charge in [-0.2, -0.15) is 0 Å². The molecule has 2 unspecified atom stereocenters. The third-order valence-corrected chi connectivity index (χ3v) is 3.08. The van der Waals surface area contributed by atoms with Gasteiger partial charge in [-0.05, 0) is 17.7 Å². The maximum absolute atomic E-state index is 11.0. The Labute approximate surface area is 93.1 Å². The molecule has 1 saturated heterocycles. The van der Waals surface area contributed by atoms with Crippen LogP contribution in [0.1, 0.15) is 11.5 Å². The molecule has 0 saturated carbocycles. The highest BCUT2D eigenvalue weighted by atomic mass is 35.5. The number of carboxylic acid groups (broad SMARTS) is 1. The molecule has 2 atom stereocenters. The first-order valence-corrected chi connectivity index (χ1v) is 5.25. The van der Waals surface area contributed by atoms with Gasteiger partial charge in [0.25, 0.3) is 0 Å². The van der Waals surface area contributed by atoms with Gasteiger partial charge in [0.1, 0.15) is 0 Å². The first kappa shape index (κ1) is 10.5. The molecule has 0 amide bonds. The van der Waals surface area contributed by atoms with Crippen LogP contribution in [0.3, 0.4) is 0 Å². The lowest BCUT2D eigenvalue weighted by atomic mass is 9.89. The summed E-state index contributed by atoms with van der Waals surface area (Å²) in [6, 6.07) is 7.40. The average molecular weight is 226 g/mol. The Morgan fingerprint density at radius 2 is 2.00 bits per heavy atom. The number of hydrogen-bond donors (Lipinski definition) is 2. The minimum absolute atomic E-state index is 0.0553. The van der Waals surface area contributed by atoms with Crippen molar-refractivity contribution in [3.63, 3.8) is 0 Å². The van der Waals surface area contributed by atoms with Gasteiger partial charge in [-0.25, -0.2) is 0 Å². The van der Waals surface area contributed by atoms with Gasteiger partial charge in [-0.3, -0.25) is 4.79 Å². The summed E-state index contributed by atoms with van der Waals surface area (Å²) in [4.78, 5) is 11.0. The molecule has 0 spiro atoms. The molecule has 0 aromatic heterocycles. The smallest absolute Gasteiger partial charge is 0.308 e. The van der Waals surface area contributed by atoms with Crippen molar-refractivity contribution >= 4 is 17.6 Å². The van der Waals surface area contributed by atoms with Gasteiger partial charge in [0.05, 0.1) is 5.92 Å². The second kappa shape index (κ2) is 4.21. The van der Waals surface area contributed by atoms with Gasteiger partial charge < -0.3 is 10.4 Å². The molecule has 4 heteroatoms. The summed E-state index contributed by atoms with van der Waals surface area (Å²) in [6.45, 7) is 1.27. The number of carboxylic acids is 1. The minimum atomic E-state index is -0.736. The molecular formula is C11H12ClNO2. The van der Waals surface area contributed by atoms with Crippen molar-refractivity contribution in [1.29, 1.82) is 0 Å². The van der Waals surface area contributed by atoms with E-state index in [-0.39, 0.29) is 11.8 Å². The molecule has 1 fully saturated rings. The molecular weight excluding hydrogens is 214 g/mol. The predicted octanol–water partition coefficient (Wildman–Crippen LogP) is 1.73. The molecule has 15 heavy (non-hydrogen) atoms. The second-order valence-electron chi connectivity index (χ2n) is 3.76. The molecule has 0 radical (unpaired) electrons. The number of carbonyl (C=O) groups is 1. The highest BCUT2D eigenvalue weighted by Gasteiger charge is 2.33. The van der Waals surface area contributed by atoms with E-state index in [0.29, 0.717) is 11.6 Å². The molecule has 1 aliphatic rings. The molecule has 1 aliphatic heterocycles. The third kappa shape index (κ3) is 2.13. The highest BCUT2D eigenvalue weighted by Crippen LogP contribution is 2.28. The Hall–Kier alpha value is -1.06. The van der Waals surface area contributed by atoms with Gasteiger partial charge in [-0.1, -0.05) is 23.7 Å². The van der Waals surface area contributed by atoms with Gasteiger partial charge in [0.15, 0.2) is 0 Å². The van der Waals surface area contributed by atoms with Crippen LogP contribution in [0, 0.1) is 5.92 Å². The molecule has 2 rings (SSSR count). The van der Waals surface area contributed by atoms with Gasteiger partial charge in [-0.15, -0.1) is 0 Å². The Bertz CT molecular complexity index is 363. The maximum atomic E-state index is 11.0. The zero-order valence-corrected chi connectivity index (χ0v) is 8.87. The van der Waals surface area contributed by atoms with Crippen LogP contribution in [0.15, 0.2) is 24.3 Å². The number of hydrogen-bond acceptors (Lipinski definition) is 2. The predicted molar refractivity (Wildman–Crippen MR) is 58.2 cm³/mol. The fourth-order valence-electron chi connectivity index (χ4n) is 2.00. The Balaban J connectivity index is 2.22. The molecule has 1 aromatic carbocycles. The molecule has 0 aliphatic carbocycles. The van der Waals surface area contributed by atoms with Crippen molar-refractivity contribution in [2.45, 2.75) is 5.92 Å². The normalized spacial score (nSPS) is 25.4. The third-order valence-electron chi connectivity index (χ3n) is 2.83. The van der Waals surface area contributed by atoms with E-state index in [4.69, 9.17) is 16.7 Å². The summed E-state index contributed by atoms with van der Waals surface area (Å²) in [5.41, 5.74) is 1.04. The number of aliphatic carboxylic acids is 1. The van der Waals surface area contributed by atoms with E-state index in [1.807, 2.05) is 12.1 Å².